The molecule has 6 rings (SSSR count). The minimum atomic E-state index is -4.52. The molecule has 0 bridgehead atoms. The Balaban J connectivity index is 0.000000588. The van der Waals surface area contributed by atoms with E-state index in [9.17, 15) is 27.4 Å². The highest BCUT2D eigenvalue weighted by Gasteiger charge is 2.34. The molecular weight excluding hydrogens is 691 g/mol. The Hall–Kier alpha value is -5.82. The molecule has 4 N–H and O–H groups in total. The summed E-state index contributed by atoms with van der Waals surface area (Å²) in [5.74, 6) is -0.768. The van der Waals surface area contributed by atoms with Crippen molar-refractivity contribution < 1.29 is 47.8 Å². The lowest BCUT2D eigenvalue weighted by Gasteiger charge is -2.25. The quantitative estimate of drug-likeness (QED) is 0.132. The van der Waals surface area contributed by atoms with Gasteiger partial charge in [0.25, 0.3) is 15.7 Å². The summed E-state index contributed by atoms with van der Waals surface area (Å²) in [5.41, 5.74) is 8.15. The number of pyridine rings is 1. The second kappa shape index (κ2) is 13.9. The van der Waals surface area contributed by atoms with Crippen molar-refractivity contribution in [3.05, 3.63) is 118 Å². The third kappa shape index (κ3) is 7.10. The van der Waals surface area contributed by atoms with Crippen LogP contribution in [-0.2, 0) is 38.4 Å². The monoisotopic (exact) mass is 711 g/mol. The number of carbonyl (C=O) groups is 2. The van der Waals surface area contributed by atoms with Gasteiger partial charge in [0.2, 0.25) is 0 Å². The Morgan fingerprint density at radius 2 is 1.35 bits per heavy atom. The molecule has 15 nitrogen and oxygen atoms in total. The molecule has 1 aliphatic carbocycles. The van der Waals surface area contributed by atoms with Crippen LogP contribution >= 0.6 is 0 Å². The first-order valence-corrected chi connectivity index (χ1v) is 16.6. The number of ketones is 2. The molecule has 0 amide bonds. The Bertz CT molecular complexity index is 2510. The number of rotatable bonds is 5. The maximum atomic E-state index is 14.0. The summed E-state index contributed by atoms with van der Waals surface area (Å²) in [6.07, 6.45) is 0. The Labute approximate surface area is 274 Å². The van der Waals surface area contributed by atoms with Gasteiger partial charge in [-0.3, -0.25) is 18.9 Å². The molecule has 1 heterocycles. The van der Waals surface area contributed by atoms with Crippen LogP contribution in [0, 0.1) is 0 Å². The van der Waals surface area contributed by atoms with Crippen LogP contribution in [-0.4, -0.2) is 54.4 Å². The molecule has 4 aromatic carbocycles. The van der Waals surface area contributed by atoms with E-state index in [1.165, 1.54) is 16.7 Å². The topological polar surface area (TPSA) is 251 Å². The molecular formula is C30H21N3O12S3. The van der Waals surface area contributed by atoms with Gasteiger partial charge in [-0.15, -0.1) is 25.3 Å². The summed E-state index contributed by atoms with van der Waals surface area (Å²) < 4.78 is 84.6. The van der Waals surface area contributed by atoms with Crippen LogP contribution in [0.4, 0.5) is 17.1 Å². The van der Waals surface area contributed by atoms with Crippen molar-refractivity contribution in [1.29, 1.82) is 0 Å². The zero-order valence-corrected chi connectivity index (χ0v) is 26.7. The van der Waals surface area contributed by atoms with Crippen LogP contribution < -0.4 is 16.6 Å². The predicted molar refractivity (Wildman–Crippen MR) is 171 cm³/mol. The highest BCUT2D eigenvalue weighted by Crippen LogP contribution is 2.44. The molecule has 0 saturated carbocycles. The maximum Gasteiger partial charge on any atom is 0.425 e. The van der Waals surface area contributed by atoms with Crippen LogP contribution in [0.5, 0.6) is 0 Å². The molecule has 0 fully saturated rings. The van der Waals surface area contributed by atoms with E-state index in [-0.39, 0.29) is 22.6 Å². The molecule has 0 unspecified atom stereocenters. The molecule has 1 aromatic heterocycles. The van der Waals surface area contributed by atoms with Crippen molar-refractivity contribution in [3.63, 3.8) is 0 Å². The average Bonchev–Trinajstić information content (AvgIpc) is 3.01. The van der Waals surface area contributed by atoms with Crippen LogP contribution in [0.15, 0.2) is 94.6 Å². The van der Waals surface area contributed by atoms with E-state index in [2.05, 4.69) is 5.32 Å². The van der Waals surface area contributed by atoms with Crippen LogP contribution in [0.2, 0.25) is 0 Å². The minimum absolute atomic E-state index is 0.0405. The molecule has 0 saturated heterocycles. The van der Waals surface area contributed by atoms with Crippen LogP contribution in [0.25, 0.3) is 22.0 Å². The number of nitrogens with two attached hydrogens (primary N) is 1. The summed E-state index contributed by atoms with van der Waals surface area (Å²) >= 11 is 0. The fourth-order valence-corrected chi connectivity index (χ4v) is 5.83. The van der Waals surface area contributed by atoms with Gasteiger partial charge in [0.15, 0.2) is 11.6 Å². The molecule has 1 aliphatic rings. The van der Waals surface area contributed by atoms with Crippen molar-refractivity contribution in [2.75, 3.05) is 11.1 Å². The highest BCUT2D eigenvalue weighted by molar-refractivity contribution is 7.86. The standard InChI is InChI=1S/C30H21N3O6S.2O3S/c1-33-22-13-12-21(32-17-11-14-23(20(31)15-17)40(37,38)39)25-26(22)24(18-9-5-6-10-19(18)29(25)35)27(30(33)36)28(34)16-7-3-2-4-8-16;2*1-4(2)3/h2-15,32H,31H2,1H3,(H,37,38,39);;. The first kappa shape index (κ1) is 35.0. The van der Waals surface area contributed by atoms with Gasteiger partial charge in [0.1, 0.15) is 4.90 Å². The van der Waals surface area contributed by atoms with E-state index in [0.717, 1.165) is 6.07 Å². The summed E-state index contributed by atoms with van der Waals surface area (Å²) in [5, 5.41) is 3.56. The van der Waals surface area contributed by atoms with E-state index in [1.54, 1.807) is 73.8 Å². The van der Waals surface area contributed by atoms with E-state index < -0.39 is 47.6 Å². The largest absolute Gasteiger partial charge is 0.425 e. The zero-order chi connectivity index (χ0) is 35.5. The van der Waals surface area contributed by atoms with Crippen molar-refractivity contribution >= 4 is 70.9 Å². The fourth-order valence-electron chi connectivity index (χ4n) is 5.24. The van der Waals surface area contributed by atoms with Crippen molar-refractivity contribution in [3.8, 4) is 11.1 Å². The van der Waals surface area contributed by atoms with Gasteiger partial charge >= 0.3 is 21.2 Å². The number of hydrogen-bond acceptors (Lipinski definition) is 13. The van der Waals surface area contributed by atoms with Crippen molar-refractivity contribution in [2.45, 2.75) is 4.90 Å². The fraction of sp³-hybridized carbons (Fsp3) is 0.0333. The number of fused-ring (bicyclic) bond motifs is 2. The number of aromatic nitrogens is 1. The van der Waals surface area contributed by atoms with Crippen molar-refractivity contribution in [1.82, 2.24) is 4.57 Å². The summed E-state index contributed by atoms with van der Waals surface area (Å²) in [4.78, 5) is 41.0. The van der Waals surface area contributed by atoms with E-state index in [1.807, 2.05) is 0 Å². The predicted octanol–water partition coefficient (Wildman–Crippen LogP) is 2.55. The van der Waals surface area contributed by atoms with Gasteiger partial charge in [-0.2, -0.15) is 8.42 Å². The smallest absolute Gasteiger partial charge is 0.398 e. The molecule has 18 heteroatoms. The third-order valence-corrected chi connectivity index (χ3v) is 7.99. The second-order valence-corrected chi connectivity index (χ2v) is 12.0. The van der Waals surface area contributed by atoms with Gasteiger partial charge in [-0.1, -0.05) is 54.6 Å². The first-order valence-electron chi connectivity index (χ1n) is 13.2. The minimum Gasteiger partial charge on any atom is -0.398 e. The lowest BCUT2D eigenvalue weighted by Crippen LogP contribution is -2.29. The summed E-state index contributed by atoms with van der Waals surface area (Å²) in [6, 6.07) is 22.5. The Morgan fingerprint density at radius 3 is 1.92 bits per heavy atom. The van der Waals surface area contributed by atoms with Crippen molar-refractivity contribution in [2.24, 2.45) is 7.05 Å². The molecule has 48 heavy (non-hydrogen) atoms. The van der Waals surface area contributed by atoms with Gasteiger partial charge in [0.05, 0.1) is 28.0 Å². The van der Waals surface area contributed by atoms with Crippen LogP contribution in [0.3, 0.4) is 0 Å². The number of benzene rings is 4. The summed E-state index contributed by atoms with van der Waals surface area (Å²) in [7, 11) is -9.19. The number of anilines is 3. The molecule has 0 radical (unpaired) electrons. The van der Waals surface area contributed by atoms with Gasteiger partial charge in [-0.25, -0.2) is 0 Å². The normalized spacial score (nSPS) is 11.2. The number of nitrogens with one attached hydrogen (secondary N) is 1. The lowest BCUT2D eigenvalue weighted by atomic mass is 9.80. The average molecular weight is 712 g/mol. The number of carbonyl (C=O) groups excluding carboxylic acids is 2. The highest BCUT2D eigenvalue weighted by atomic mass is 32.2. The number of nitrogen functional groups attached to an aromatic ring is 1. The van der Waals surface area contributed by atoms with E-state index in [4.69, 9.17) is 31.0 Å². The number of hydrogen-bond donors (Lipinski definition) is 3. The van der Waals surface area contributed by atoms with Crippen LogP contribution in [0.1, 0.15) is 31.8 Å². The third-order valence-electron chi connectivity index (χ3n) is 7.06. The van der Waals surface area contributed by atoms with Gasteiger partial charge in [0, 0.05) is 34.8 Å². The van der Waals surface area contributed by atoms with E-state index in [0.29, 0.717) is 44.5 Å². The molecule has 0 spiro atoms. The Morgan fingerprint density at radius 1 is 0.792 bits per heavy atom. The van der Waals surface area contributed by atoms with E-state index >= 15 is 0 Å². The lowest BCUT2D eigenvalue weighted by molar-refractivity contribution is 0.102. The summed E-state index contributed by atoms with van der Waals surface area (Å²) in [6.45, 7) is 0. The van der Waals surface area contributed by atoms with Gasteiger partial charge in [-0.05, 0) is 35.9 Å². The van der Waals surface area contributed by atoms with Gasteiger partial charge < -0.3 is 15.6 Å². The molecule has 246 valence electrons. The molecule has 5 aromatic rings. The SMILES string of the molecule is Cn1c(=O)c(C(=O)c2ccccc2)c2c3c(c(Nc4ccc(S(=O)(=O)O)c(N)c4)ccc31)C(=O)c1ccccc1-2.O=S(=O)=O.O=S(=O)=O. The molecule has 0 aliphatic heterocycles. The second-order valence-electron chi connectivity index (χ2n) is 9.83. The Kier molecular flexibility index (Phi) is 10.1. The number of nitrogens with zero attached hydrogens (tertiary/aromatic N) is 1. The zero-order valence-electron chi connectivity index (χ0n) is 24.3. The number of aryl methyl sites for hydroxylation is 1. The maximum absolute atomic E-state index is 14.0. The molecule has 0 atom stereocenters. The first-order chi connectivity index (χ1) is 22.5.